The monoisotopic (exact) mass is 293 g/mol. The van der Waals surface area contributed by atoms with Gasteiger partial charge in [-0.15, -0.1) is 0 Å². The molecule has 1 amide bonds. The van der Waals surface area contributed by atoms with E-state index in [2.05, 4.69) is 11.8 Å². The van der Waals surface area contributed by atoms with Crippen LogP contribution in [0.4, 0.5) is 9.18 Å². The fraction of sp³-hybridized carbons (Fsp3) is 0.438. The number of halogens is 1. The van der Waals surface area contributed by atoms with Crippen LogP contribution in [0, 0.1) is 23.1 Å². The summed E-state index contributed by atoms with van der Waals surface area (Å²) >= 11 is 0. The van der Waals surface area contributed by atoms with E-state index in [4.69, 9.17) is 9.84 Å². The van der Waals surface area contributed by atoms with Crippen molar-refractivity contribution in [2.45, 2.75) is 27.3 Å². The van der Waals surface area contributed by atoms with E-state index in [0.29, 0.717) is 5.56 Å². The first-order chi connectivity index (χ1) is 9.73. The third kappa shape index (κ3) is 5.84. The van der Waals surface area contributed by atoms with Crippen LogP contribution in [-0.2, 0) is 11.3 Å². The Bertz CT molecular complexity index is 567. The van der Waals surface area contributed by atoms with Crippen LogP contribution in [0.5, 0.6) is 0 Å². The van der Waals surface area contributed by atoms with E-state index in [-0.39, 0.29) is 24.3 Å². The van der Waals surface area contributed by atoms with E-state index in [0.717, 1.165) is 4.90 Å². The van der Waals surface area contributed by atoms with Gasteiger partial charge in [-0.2, -0.15) is 0 Å². The molecule has 1 rings (SSSR count). The second kappa shape index (κ2) is 7.09. The Hall–Kier alpha value is -2.06. The zero-order valence-electron chi connectivity index (χ0n) is 12.7. The molecule has 1 aromatic rings. The van der Waals surface area contributed by atoms with Gasteiger partial charge >= 0.3 is 6.09 Å². The van der Waals surface area contributed by atoms with Crippen LogP contribution in [0.15, 0.2) is 18.2 Å². The first kappa shape index (κ1) is 17.0. The number of benzene rings is 1. The number of methoxy groups -OCH3 is 1. The molecule has 0 saturated carbocycles. The summed E-state index contributed by atoms with van der Waals surface area (Å²) in [4.78, 5) is 12.0. The van der Waals surface area contributed by atoms with Gasteiger partial charge < -0.3 is 9.84 Å². The Morgan fingerprint density at radius 1 is 1.43 bits per heavy atom. The molecule has 114 valence electrons. The minimum Gasteiger partial charge on any atom is -0.465 e. The fourth-order valence-corrected chi connectivity index (χ4v) is 1.56. The van der Waals surface area contributed by atoms with E-state index in [9.17, 15) is 9.18 Å². The number of carbonyl (C=O) groups is 1. The topological polar surface area (TPSA) is 49.8 Å². The third-order valence-corrected chi connectivity index (χ3v) is 2.54. The lowest BCUT2D eigenvalue weighted by Gasteiger charge is -2.18. The van der Waals surface area contributed by atoms with Crippen LogP contribution in [0.2, 0.25) is 0 Å². The van der Waals surface area contributed by atoms with Crippen molar-refractivity contribution >= 4 is 6.09 Å². The molecule has 0 atom stereocenters. The molecule has 0 heterocycles. The summed E-state index contributed by atoms with van der Waals surface area (Å²) in [6.45, 7) is 5.74. The Kier molecular flexibility index (Phi) is 5.74. The van der Waals surface area contributed by atoms with E-state index in [1.54, 1.807) is 12.1 Å². The van der Waals surface area contributed by atoms with Crippen molar-refractivity contribution in [1.82, 2.24) is 4.90 Å². The Balaban J connectivity index is 3.01. The number of hydrogen-bond acceptors (Lipinski definition) is 2. The van der Waals surface area contributed by atoms with Crippen molar-refractivity contribution in [3.63, 3.8) is 0 Å². The normalized spacial score (nSPS) is 10.7. The maximum atomic E-state index is 13.8. The van der Waals surface area contributed by atoms with Crippen molar-refractivity contribution in [3.8, 4) is 11.8 Å². The molecule has 0 bridgehead atoms. The SMILES string of the molecule is COCN(Cc1cc(C#CC(C)(C)C)ccc1F)C(=O)O. The smallest absolute Gasteiger partial charge is 0.409 e. The third-order valence-electron chi connectivity index (χ3n) is 2.54. The molecule has 0 aliphatic carbocycles. The summed E-state index contributed by atoms with van der Waals surface area (Å²) in [7, 11) is 1.39. The van der Waals surface area contributed by atoms with Crippen LogP contribution >= 0.6 is 0 Å². The number of ether oxygens (including phenoxy) is 1. The standard InChI is InChI=1S/C16H20FNO3/c1-16(2,3)8-7-12-5-6-14(17)13(9-12)10-18(11-21-4)15(19)20/h5-6,9H,10-11H2,1-4H3,(H,19,20). The number of amides is 1. The molecule has 0 spiro atoms. The molecule has 1 N–H and O–H groups in total. The highest BCUT2D eigenvalue weighted by Gasteiger charge is 2.14. The Morgan fingerprint density at radius 2 is 2.10 bits per heavy atom. The maximum absolute atomic E-state index is 13.8. The number of rotatable bonds is 4. The highest BCUT2D eigenvalue weighted by molar-refractivity contribution is 5.64. The average molecular weight is 293 g/mol. The van der Waals surface area contributed by atoms with Gasteiger partial charge in [-0.25, -0.2) is 9.18 Å². The predicted molar refractivity (Wildman–Crippen MR) is 78.2 cm³/mol. The van der Waals surface area contributed by atoms with E-state index in [1.807, 2.05) is 20.8 Å². The number of nitrogens with zero attached hydrogens (tertiary/aromatic N) is 1. The van der Waals surface area contributed by atoms with Gasteiger partial charge in [-0.05, 0) is 39.0 Å². The zero-order valence-corrected chi connectivity index (χ0v) is 12.7. The molecule has 0 aliphatic heterocycles. The minimum absolute atomic E-state index is 0.0833. The van der Waals surface area contributed by atoms with Gasteiger partial charge in [0.25, 0.3) is 0 Å². The molecule has 21 heavy (non-hydrogen) atoms. The second-order valence-corrected chi connectivity index (χ2v) is 5.70. The van der Waals surface area contributed by atoms with Crippen LogP contribution < -0.4 is 0 Å². The Labute approximate surface area is 124 Å². The summed E-state index contributed by atoms with van der Waals surface area (Å²) < 4.78 is 18.6. The molecule has 0 aliphatic rings. The quantitative estimate of drug-likeness (QED) is 0.684. The van der Waals surface area contributed by atoms with E-state index >= 15 is 0 Å². The molecular formula is C16H20FNO3. The first-order valence-corrected chi connectivity index (χ1v) is 6.51. The lowest BCUT2D eigenvalue weighted by Crippen LogP contribution is -2.31. The highest BCUT2D eigenvalue weighted by Crippen LogP contribution is 2.15. The number of carboxylic acid groups (broad SMARTS) is 1. The van der Waals surface area contributed by atoms with Crippen LogP contribution in [0.3, 0.4) is 0 Å². The van der Waals surface area contributed by atoms with Gasteiger partial charge in [-0.3, -0.25) is 4.90 Å². The second-order valence-electron chi connectivity index (χ2n) is 5.70. The van der Waals surface area contributed by atoms with Gasteiger partial charge in [0, 0.05) is 23.7 Å². The highest BCUT2D eigenvalue weighted by atomic mass is 19.1. The van der Waals surface area contributed by atoms with Crippen LogP contribution in [-0.4, -0.2) is 29.9 Å². The predicted octanol–water partition coefficient (Wildman–Crippen LogP) is 3.31. The molecule has 0 aromatic heterocycles. The van der Waals surface area contributed by atoms with Gasteiger partial charge in [0.15, 0.2) is 0 Å². The van der Waals surface area contributed by atoms with Crippen molar-refractivity contribution in [3.05, 3.63) is 35.1 Å². The summed E-state index contributed by atoms with van der Waals surface area (Å²) in [5.74, 6) is 5.57. The van der Waals surface area contributed by atoms with E-state index < -0.39 is 11.9 Å². The molecule has 4 nitrogen and oxygen atoms in total. The largest absolute Gasteiger partial charge is 0.465 e. The van der Waals surface area contributed by atoms with Crippen molar-refractivity contribution in [2.75, 3.05) is 13.8 Å². The van der Waals surface area contributed by atoms with Crippen molar-refractivity contribution < 1.29 is 19.0 Å². The van der Waals surface area contributed by atoms with Gasteiger partial charge in [0.1, 0.15) is 12.5 Å². The fourth-order valence-electron chi connectivity index (χ4n) is 1.56. The molecule has 0 unspecified atom stereocenters. The molecule has 0 radical (unpaired) electrons. The lowest BCUT2D eigenvalue weighted by molar-refractivity contribution is 0.0552. The zero-order chi connectivity index (χ0) is 16.0. The summed E-state index contributed by atoms with van der Waals surface area (Å²) in [5, 5.41) is 9.03. The van der Waals surface area contributed by atoms with Crippen molar-refractivity contribution in [2.24, 2.45) is 5.41 Å². The van der Waals surface area contributed by atoms with E-state index in [1.165, 1.54) is 13.2 Å². The van der Waals surface area contributed by atoms with Gasteiger partial charge in [0.05, 0.1) is 6.54 Å². The summed E-state index contributed by atoms with van der Waals surface area (Å²) in [6, 6.07) is 4.45. The molecule has 1 aromatic carbocycles. The first-order valence-electron chi connectivity index (χ1n) is 6.51. The Morgan fingerprint density at radius 3 is 2.62 bits per heavy atom. The molecule has 0 saturated heterocycles. The minimum atomic E-state index is -1.16. The molecule has 0 fully saturated rings. The molecular weight excluding hydrogens is 273 g/mol. The number of hydrogen-bond donors (Lipinski definition) is 1. The van der Waals surface area contributed by atoms with Crippen LogP contribution in [0.1, 0.15) is 31.9 Å². The van der Waals surface area contributed by atoms with Gasteiger partial charge in [-0.1, -0.05) is 11.8 Å². The lowest BCUT2D eigenvalue weighted by atomic mass is 9.97. The summed E-state index contributed by atoms with van der Waals surface area (Å²) in [5.41, 5.74) is 0.775. The maximum Gasteiger partial charge on any atom is 0.409 e. The van der Waals surface area contributed by atoms with Crippen LogP contribution in [0.25, 0.3) is 0 Å². The van der Waals surface area contributed by atoms with Crippen molar-refractivity contribution in [1.29, 1.82) is 0 Å². The average Bonchev–Trinajstić information content (AvgIpc) is 2.37. The molecule has 5 heteroatoms. The summed E-state index contributed by atoms with van der Waals surface area (Å²) in [6.07, 6.45) is -1.16. The van der Waals surface area contributed by atoms with Gasteiger partial charge in [0.2, 0.25) is 0 Å².